The number of anilines is 1. The molecule has 0 bridgehead atoms. The molecular formula is C10H15N3O4S. The number of urea groups is 1. The van der Waals surface area contributed by atoms with E-state index in [1.54, 1.807) is 0 Å². The lowest BCUT2D eigenvalue weighted by molar-refractivity contribution is -0.140. The highest BCUT2D eigenvalue weighted by Gasteiger charge is 2.19. The molecule has 0 spiro atoms. The first-order valence-corrected chi connectivity index (χ1v) is 6.17. The zero-order valence-corrected chi connectivity index (χ0v) is 10.9. The normalized spacial score (nSPS) is 11.9. The number of carboxylic acid groups (broad SMARTS) is 1. The SMILES string of the molecule is CCc1nc(NC(=O)N[C@@H](CO)C(=O)O)sc1C. The number of nitrogens with zero attached hydrogens (tertiary/aromatic N) is 1. The van der Waals surface area contributed by atoms with Crippen LogP contribution in [-0.2, 0) is 11.2 Å². The number of aromatic nitrogens is 1. The van der Waals surface area contributed by atoms with E-state index in [1.165, 1.54) is 11.3 Å². The van der Waals surface area contributed by atoms with E-state index >= 15 is 0 Å². The third-order valence-electron chi connectivity index (χ3n) is 2.23. The van der Waals surface area contributed by atoms with Gasteiger partial charge in [0.25, 0.3) is 0 Å². The monoisotopic (exact) mass is 273 g/mol. The number of amides is 2. The molecule has 0 radical (unpaired) electrons. The van der Waals surface area contributed by atoms with Crippen LogP contribution in [0.25, 0.3) is 0 Å². The van der Waals surface area contributed by atoms with Crippen LogP contribution in [-0.4, -0.2) is 39.8 Å². The number of aliphatic hydroxyl groups is 1. The average molecular weight is 273 g/mol. The van der Waals surface area contributed by atoms with Crippen molar-refractivity contribution >= 4 is 28.5 Å². The summed E-state index contributed by atoms with van der Waals surface area (Å²) in [5.41, 5.74) is 0.896. The van der Waals surface area contributed by atoms with Gasteiger partial charge in [-0.3, -0.25) is 5.32 Å². The van der Waals surface area contributed by atoms with Gasteiger partial charge in [0.15, 0.2) is 11.2 Å². The lowest BCUT2D eigenvalue weighted by Crippen LogP contribution is -2.45. The number of aryl methyl sites for hydroxylation is 2. The number of aliphatic carboxylic acids is 1. The van der Waals surface area contributed by atoms with Crippen LogP contribution in [0.3, 0.4) is 0 Å². The minimum atomic E-state index is -1.32. The molecule has 4 N–H and O–H groups in total. The maximum absolute atomic E-state index is 11.5. The van der Waals surface area contributed by atoms with Gasteiger partial charge in [-0.05, 0) is 13.3 Å². The molecule has 0 aliphatic carbocycles. The summed E-state index contributed by atoms with van der Waals surface area (Å²) in [6, 6.07) is -2.02. The summed E-state index contributed by atoms with van der Waals surface area (Å²) >= 11 is 1.32. The van der Waals surface area contributed by atoms with E-state index in [2.05, 4.69) is 15.6 Å². The predicted octanol–water partition coefficient (Wildman–Crippen LogP) is 0.581. The van der Waals surface area contributed by atoms with Crippen molar-refractivity contribution in [3.05, 3.63) is 10.6 Å². The van der Waals surface area contributed by atoms with Crippen LogP contribution in [0.4, 0.5) is 9.93 Å². The van der Waals surface area contributed by atoms with Crippen LogP contribution in [0, 0.1) is 6.92 Å². The summed E-state index contributed by atoms with van der Waals surface area (Å²) in [7, 11) is 0. The van der Waals surface area contributed by atoms with Gasteiger partial charge in [0.05, 0.1) is 12.3 Å². The Bertz CT molecular complexity index is 446. The molecule has 0 fully saturated rings. The molecule has 0 saturated carbocycles. The first-order chi connectivity index (χ1) is 8.47. The van der Waals surface area contributed by atoms with Crippen molar-refractivity contribution in [2.45, 2.75) is 26.3 Å². The Morgan fingerprint density at radius 2 is 2.17 bits per heavy atom. The third kappa shape index (κ3) is 3.67. The topological polar surface area (TPSA) is 112 Å². The number of hydrogen-bond acceptors (Lipinski definition) is 5. The standard InChI is InChI=1S/C10H15N3O4S/c1-3-6-5(2)18-10(12-6)13-9(17)11-7(4-14)8(15)16/h7,14H,3-4H2,1-2H3,(H,15,16)(H2,11,12,13,17)/t7-/m0/s1. The molecule has 1 heterocycles. The lowest BCUT2D eigenvalue weighted by atomic mass is 10.3. The Balaban J connectivity index is 2.61. The van der Waals surface area contributed by atoms with E-state index in [9.17, 15) is 9.59 Å². The maximum Gasteiger partial charge on any atom is 0.328 e. The summed E-state index contributed by atoms with van der Waals surface area (Å²) in [5, 5.41) is 22.4. The van der Waals surface area contributed by atoms with Gasteiger partial charge < -0.3 is 15.5 Å². The van der Waals surface area contributed by atoms with Gasteiger partial charge in [-0.2, -0.15) is 0 Å². The number of carbonyl (C=O) groups is 2. The number of aliphatic hydroxyl groups excluding tert-OH is 1. The van der Waals surface area contributed by atoms with Crippen molar-refractivity contribution in [2.24, 2.45) is 0 Å². The molecule has 0 aliphatic rings. The van der Waals surface area contributed by atoms with Gasteiger partial charge in [-0.25, -0.2) is 14.6 Å². The molecule has 1 aromatic heterocycles. The second-order valence-corrected chi connectivity index (χ2v) is 4.75. The van der Waals surface area contributed by atoms with Crippen molar-refractivity contribution in [3.8, 4) is 0 Å². The van der Waals surface area contributed by atoms with Crippen LogP contribution in [0.1, 0.15) is 17.5 Å². The molecule has 8 heteroatoms. The third-order valence-corrected chi connectivity index (χ3v) is 3.16. The van der Waals surface area contributed by atoms with E-state index in [-0.39, 0.29) is 0 Å². The fourth-order valence-corrected chi connectivity index (χ4v) is 2.18. The van der Waals surface area contributed by atoms with E-state index in [4.69, 9.17) is 10.2 Å². The molecule has 1 atom stereocenters. The highest BCUT2D eigenvalue weighted by atomic mass is 32.1. The zero-order valence-electron chi connectivity index (χ0n) is 10.1. The fraction of sp³-hybridized carbons (Fsp3) is 0.500. The van der Waals surface area contributed by atoms with E-state index in [0.29, 0.717) is 5.13 Å². The molecule has 7 nitrogen and oxygen atoms in total. The Morgan fingerprint density at radius 3 is 2.61 bits per heavy atom. The highest BCUT2D eigenvalue weighted by molar-refractivity contribution is 7.15. The molecule has 0 aliphatic heterocycles. The molecular weight excluding hydrogens is 258 g/mol. The Hall–Kier alpha value is -1.67. The first-order valence-electron chi connectivity index (χ1n) is 5.35. The summed E-state index contributed by atoms with van der Waals surface area (Å²) in [4.78, 5) is 27.3. The predicted molar refractivity (Wildman–Crippen MR) is 66.9 cm³/mol. The highest BCUT2D eigenvalue weighted by Crippen LogP contribution is 2.22. The van der Waals surface area contributed by atoms with Crippen LogP contribution in [0.15, 0.2) is 0 Å². The van der Waals surface area contributed by atoms with Gasteiger partial charge in [-0.15, -0.1) is 11.3 Å². The molecule has 100 valence electrons. The Kier molecular flexibility index (Phi) is 5.05. The number of carboxylic acids is 1. The smallest absolute Gasteiger partial charge is 0.328 e. The van der Waals surface area contributed by atoms with Gasteiger partial charge in [0.1, 0.15) is 0 Å². The first kappa shape index (κ1) is 14.4. The van der Waals surface area contributed by atoms with E-state index < -0.39 is 24.6 Å². The molecule has 0 unspecified atom stereocenters. The molecule has 18 heavy (non-hydrogen) atoms. The second-order valence-electron chi connectivity index (χ2n) is 3.55. The van der Waals surface area contributed by atoms with Crippen LogP contribution >= 0.6 is 11.3 Å². The number of thiazole rings is 1. The lowest BCUT2D eigenvalue weighted by Gasteiger charge is -2.11. The van der Waals surface area contributed by atoms with Crippen LogP contribution in [0.2, 0.25) is 0 Å². The van der Waals surface area contributed by atoms with Crippen molar-refractivity contribution in [1.82, 2.24) is 10.3 Å². The molecule has 0 saturated heterocycles. The largest absolute Gasteiger partial charge is 0.480 e. The van der Waals surface area contributed by atoms with E-state index in [1.807, 2.05) is 13.8 Å². The van der Waals surface area contributed by atoms with Crippen molar-refractivity contribution in [1.29, 1.82) is 0 Å². The van der Waals surface area contributed by atoms with Crippen LogP contribution < -0.4 is 10.6 Å². The summed E-state index contributed by atoms with van der Waals surface area (Å²) in [5.74, 6) is -1.29. The summed E-state index contributed by atoms with van der Waals surface area (Å²) in [6.45, 7) is 3.19. The van der Waals surface area contributed by atoms with Gasteiger partial charge in [0.2, 0.25) is 0 Å². The molecule has 2 amide bonds. The number of nitrogens with one attached hydrogen (secondary N) is 2. The number of rotatable bonds is 5. The van der Waals surface area contributed by atoms with Crippen LogP contribution in [0.5, 0.6) is 0 Å². The van der Waals surface area contributed by atoms with Crippen molar-refractivity contribution < 1.29 is 19.8 Å². The fourth-order valence-electron chi connectivity index (χ4n) is 1.29. The van der Waals surface area contributed by atoms with Crippen molar-refractivity contribution in [3.63, 3.8) is 0 Å². The zero-order chi connectivity index (χ0) is 13.7. The maximum atomic E-state index is 11.5. The minimum Gasteiger partial charge on any atom is -0.480 e. The van der Waals surface area contributed by atoms with Gasteiger partial charge >= 0.3 is 12.0 Å². The van der Waals surface area contributed by atoms with Gasteiger partial charge in [-0.1, -0.05) is 6.92 Å². The second kappa shape index (κ2) is 6.31. The number of hydrogen-bond donors (Lipinski definition) is 4. The molecule has 0 aromatic carbocycles. The molecule has 1 aromatic rings. The van der Waals surface area contributed by atoms with Gasteiger partial charge in [0, 0.05) is 4.88 Å². The number of carbonyl (C=O) groups excluding carboxylic acids is 1. The van der Waals surface area contributed by atoms with E-state index in [0.717, 1.165) is 17.0 Å². The molecule has 1 rings (SSSR count). The quantitative estimate of drug-likeness (QED) is 0.627. The van der Waals surface area contributed by atoms with Crippen molar-refractivity contribution in [2.75, 3.05) is 11.9 Å². The Morgan fingerprint density at radius 1 is 1.50 bits per heavy atom. The minimum absolute atomic E-state index is 0.406. The summed E-state index contributed by atoms with van der Waals surface area (Å²) < 4.78 is 0. The summed E-state index contributed by atoms with van der Waals surface area (Å²) in [6.07, 6.45) is 0.764. The average Bonchev–Trinajstić information content (AvgIpc) is 2.65. The Labute approximate surface area is 108 Å².